The number of anilines is 1. The predicted molar refractivity (Wildman–Crippen MR) is 115 cm³/mol. The third-order valence-corrected chi connectivity index (χ3v) is 5.59. The molecule has 0 spiro atoms. The molecule has 0 bridgehead atoms. The fourth-order valence-corrected chi connectivity index (χ4v) is 3.90. The Hall–Kier alpha value is -3.20. The van der Waals surface area contributed by atoms with Gasteiger partial charge in [0.25, 0.3) is 0 Å². The van der Waals surface area contributed by atoms with Crippen LogP contribution in [0.1, 0.15) is 31.4 Å². The Balaban J connectivity index is 1.72. The molecule has 1 unspecified atom stereocenters. The van der Waals surface area contributed by atoms with Gasteiger partial charge in [-0.15, -0.1) is 10.2 Å². The number of halogens is 6. The van der Waals surface area contributed by atoms with E-state index in [4.69, 9.17) is 4.74 Å². The lowest BCUT2D eigenvalue weighted by molar-refractivity contribution is -0.190. The topological polar surface area (TPSA) is 101 Å². The van der Waals surface area contributed by atoms with Crippen LogP contribution in [0.3, 0.4) is 0 Å². The van der Waals surface area contributed by atoms with E-state index in [1.54, 1.807) is 11.8 Å². The van der Waals surface area contributed by atoms with Crippen LogP contribution in [-0.4, -0.2) is 67.7 Å². The van der Waals surface area contributed by atoms with Gasteiger partial charge < -0.3 is 14.7 Å². The zero-order valence-electron chi connectivity index (χ0n) is 19.2. The Morgan fingerprint density at radius 3 is 2.50 bits per heavy atom. The molecule has 1 saturated heterocycles. The maximum absolute atomic E-state index is 13.4. The number of benzene rings is 1. The van der Waals surface area contributed by atoms with E-state index in [9.17, 15) is 31.4 Å². The molecule has 3 aromatic rings. The predicted octanol–water partition coefficient (Wildman–Crippen LogP) is 3.12. The quantitative estimate of drug-likeness (QED) is 0.363. The van der Waals surface area contributed by atoms with Gasteiger partial charge in [0.05, 0.1) is 12.1 Å². The molecule has 3 atom stereocenters. The molecule has 3 heterocycles. The first kappa shape index (κ1) is 25.9. The zero-order valence-corrected chi connectivity index (χ0v) is 19.2. The van der Waals surface area contributed by atoms with Gasteiger partial charge in [0.1, 0.15) is 6.23 Å². The minimum atomic E-state index is -4.67. The second-order valence-electron chi connectivity index (χ2n) is 8.46. The Bertz CT molecular complexity index is 1210. The van der Waals surface area contributed by atoms with Gasteiger partial charge in [0, 0.05) is 19.1 Å². The van der Waals surface area contributed by atoms with Gasteiger partial charge in [-0.2, -0.15) is 41.1 Å². The van der Waals surface area contributed by atoms with Gasteiger partial charge in [-0.25, -0.2) is 0 Å². The summed E-state index contributed by atoms with van der Waals surface area (Å²) in [6.07, 6.45) is -11.7. The summed E-state index contributed by atoms with van der Waals surface area (Å²) in [5, 5.41) is 20.9. The summed E-state index contributed by atoms with van der Waals surface area (Å²) >= 11 is 0. The van der Waals surface area contributed by atoms with E-state index in [1.165, 1.54) is 18.2 Å². The van der Waals surface area contributed by atoms with Crippen molar-refractivity contribution in [2.45, 2.75) is 57.5 Å². The largest absolute Gasteiger partial charge is 0.451 e. The molecule has 0 aliphatic carbocycles. The molecule has 4 rings (SSSR count). The highest BCUT2D eigenvalue weighted by Crippen LogP contribution is 2.33. The number of hydrogen-bond acceptors (Lipinski definition) is 8. The molecule has 9 nitrogen and oxygen atoms in total. The Morgan fingerprint density at radius 1 is 1.11 bits per heavy atom. The summed E-state index contributed by atoms with van der Waals surface area (Å²) in [5.41, 5.74) is -0.971. The van der Waals surface area contributed by atoms with Gasteiger partial charge in [-0.3, -0.25) is 5.32 Å². The average Bonchev–Trinajstić information content (AvgIpc) is 3.38. The molecule has 0 saturated carbocycles. The minimum absolute atomic E-state index is 0.0932. The molecule has 196 valence electrons. The van der Waals surface area contributed by atoms with E-state index >= 15 is 0 Å². The van der Waals surface area contributed by atoms with Crippen molar-refractivity contribution in [2.75, 3.05) is 18.0 Å². The average molecular weight is 519 g/mol. The highest BCUT2D eigenvalue weighted by Gasteiger charge is 2.39. The Labute approximate surface area is 201 Å². The van der Waals surface area contributed by atoms with E-state index < -0.39 is 36.3 Å². The van der Waals surface area contributed by atoms with Gasteiger partial charge in [0.2, 0.25) is 5.65 Å². The fraction of sp³-hybridized carbons (Fsp3) is 0.524. The monoisotopic (exact) mass is 519 g/mol. The van der Waals surface area contributed by atoms with E-state index in [-0.39, 0.29) is 35.1 Å². The lowest BCUT2D eigenvalue weighted by atomic mass is 10.1. The van der Waals surface area contributed by atoms with Crippen LogP contribution >= 0.6 is 0 Å². The normalized spacial score (nSPS) is 18.6. The van der Waals surface area contributed by atoms with Crippen LogP contribution < -0.4 is 15.0 Å². The molecule has 0 radical (unpaired) electrons. The minimum Gasteiger partial charge on any atom is -0.451 e. The first-order chi connectivity index (χ1) is 16.8. The number of nitrogens with zero attached hydrogens (tertiary/aromatic N) is 6. The van der Waals surface area contributed by atoms with Crippen LogP contribution in [-0.2, 0) is 12.7 Å². The third-order valence-electron chi connectivity index (χ3n) is 5.59. The number of fused-ring (bicyclic) bond motifs is 1. The molecular formula is C21H23F6N7O2. The summed E-state index contributed by atoms with van der Waals surface area (Å²) in [7, 11) is 0. The van der Waals surface area contributed by atoms with Crippen molar-refractivity contribution in [1.29, 1.82) is 0 Å². The molecule has 1 fully saturated rings. The molecular weight excluding hydrogens is 496 g/mol. The highest BCUT2D eigenvalue weighted by atomic mass is 19.4. The van der Waals surface area contributed by atoms with Crippen LogP contribution in [0.2, 0.25) is 0 Å². The fourth-order valence-electron chi connectivity index (χ4n) is 3.90. The number of rotatable bonds is 7. The van der Waals surface area contributed by atoms with Crippen LogP contribution in [0.4, 0.5) is 32.2 Å². The summed E-state index contributed by atoms with van der Waals surface area (Å²) < 4.78 is 84.3. The maximum Gasteiger partial charge on any atom is 0.425 e. The first-order valence-corrected chi connectivity index (χ1v) is 11.0. The molecule has 36 heavy (non-hydrogen) atoms. The maximum atomic E-state index is 13.4. The Morgan fingerprint density at radius 2 is 1.83 bits per heavy atom. The van der Waals surface area contributed by atoms with Crippen molar-refractivity contribution in [3.63, 3.8) is 0 Å². The number of aromatic nitrogens is 5. The van der Waals surface area contributed by atoms with Crippen molar-refractivity contribution < 1.29 is 36.2 Å². The van der Waals surface area contributed by atoms with Crippen LogP contribution in [0.15, 0.2) is 24.3 Å². The highest BCUT2D eigenvalue weighted by molar-refractivity contribution is 5.83. The van der Waals surface area contributed by atoms with Crippen molar-refractivity contribution in [3.8, 4) is 6.01 Å². The number of ether oxygens (including phenoxy) is 1. The summed E-state index contributed by atoms with van der Waals surface area (Å²) in [5.74, 6) is 0.134. The van der Waals surface area contributed by atoms with Crippen LogP contribution in [0.5, 0.6) is 6.01 Å². The molecule has 1 aliphatic rings. The molecule has 1 aromatic carbocycles. The van der Waals surface area contributed by atoms with Crippen molar-refractivity contribution >= 4 is 17.0 Å². The van der Waals surface area contributed by atoms with Gasteiger partial charge in [0.15, 0.2) is 17.4 Å². The van der Waals surface area contributed by atoms with Crippen molar-refractivity contribution in [1.82, 2.24) is 30.3 Å². The molecule has 1 aliphatic heterocycles. The van der Waals surface area contributed by atoms with E-state index in [2.05, 4.69) is 25.5 Å². The zero-order chi connectivity index (χ0) is 26.3. The third kappa shape index (κ3) is 5.78. The van der Waals surface area contributed by atoms with Crippen molar-refractivity contribution in [3.05, 3.63) is 35.4 Å². The van der Waals surface area contributed by atoms with Crippen molar-refractivity contribution in [2.24, 2.45) is 0 Å². The number of aliphatic hydroxyl groups is 1. The lowest BCUT2D eigenvalue weighted by Gasteiger charge is -2.20. The second-order valence-corrected chi connectivity index (χ2v) is 8.46. The van der Waals surface area contributed by atoms with Gasteiger partial charge in [-0.05, 0) is 31.9 Å². The number of aliphatic hydroxyl groups excluding tert-OH is 1. The standard InChI is InChI=1S/C21H23F6N7O2/c1-11(20(22,23)24)36-19-29-17-16(18(30-19)33-8-7-14(10-33)28-12(2)35)31-34(32-17)9-13-5-3-4-6-15(13)21(25,26)27/h3-6,11-12,14,28,35H,7-10H2,1-2H3/t11-,12?,14-/m0/s1. The van der Waals surface area contributed by atoms with Crippen LogP contribution in [0, 0.1) is 0 Å². The lowest BCUT2D eigenvalue weighted by Crippen LogP contribution is -2.38. The summed E-state index contributed by atoms with van der Waals surface area (Å²) in [4.78, 5) is 10.8. The first-order valence-electron chi connectivity index (χ1n) is 11.0. The molecule has 2 aromatic heterocycles. The van der Waals surface area contributed by atoms with Gasteiger partial charge in [-0.1, -0.05) is 18.2 Å². The number of alkyl halides is 6. The van der Waals surface area contributed by atoms with Gasteiger partial charge >= 0.3 is 18.4 Å². The molecule has 2 N–H and O–H groups in total. The van der Waals surface area contributed by atoms with E-state index in [0.717, 1.165) is 17.8 Å². The smallest absolute Gasteiger partial charge is 0.425 e. The second kappa shape index (κ2) is 9.69. The number of nitrogens with one attached hydrogen (secondary N) is 1. The summed E-state index contributed by atoms with van der Waals surface area (Å²) in [6.45, 7) is 2.77. The number of hydrogen-bond donors (Lipinski definition) is 2. The Kier molecular flexibility index (Phi) is 6.96. The molecule has 0 amide bonds. The SMILES string of the molecule is CC(O)N[C@H]1CCN(c2nc(O[C@@H](C)C(F)(F)F)nc3nn(Cc4ccccc4C(F)(F)F)nc23)C1. The molecule has 15 heteroatoms. The summed E-state index contributed by atoms with van der Waals surface area (Å²) in [6, 6.07) is 4.21. The van der Waals surface area contributed by atoms with E-state index in [1.807, 2.05) is 0 Å². The van der Waals surface area contributed by atoms with Crippen LogP contribution in [0.25, 0.3) is 11.2 Å². The van der Waals surface area contributed by atoms with E-state index in [0.29, 0.717) is 19.5 Å².